The number of fused-ring (bicyclic) bond motifs is 3. The van der Waals surface area contributed by atoms with Gasteiger partial charge < -0.3 is 9.15 Å². The number of nitrogens with one attached hydrogen (secondary N) is 1. The van der Waals surface area contributed by atoms with Crippen LogP contribution in [-0.4, -0.2) is 60.3 Å². The molecule has 2 atom stereocenters. The number of nitrogens with zero attached hydrogens (tertiary/aromatic N) is 2. The molecule has 0 aliphatic carbocycles. The summed E-state index contributed by atoms with van der Waals surface area (Å²) in [5.41, 5.74) is 2.51. The van der Waals surface area contributed by atoms with Crippen molar-refractivity contribution >= 4 is 11.1 Å². The maximum Gasteiger partial charge on any atom is 0.417 e. The van der Waals surface area contributed by atoms with Gasteiger partial charge in [-0.05, 0) is 30.9 Å². The van der Waals surface area contributed by atoms with Gasteiger partial charge in [-0.15, -0.1) is 0 Å². The topological polar surface area (TPSA) is 61.7 Å². The Hall–Kier alpha value is -2.78. The Kier molecular flexibility index (Phi) is 6.87. The zero-order valence-electron chi connectivity index (χ0n) is 20.8. The molecular formula is C27H32F3N3O3. The molecule has 194 valence electrons. The first-order valence-electron chi connectivity index (χ1n) is 12.6. The number of benzene rings is 2. The number of rotatable bonds is 8. The predicted octanol–water partition coefficient (Wildman–Crippen LogP) is 4.67. The minimum absolute atomic E-state index is 0.0323. The van der Waals surface area contributed by atoms with Crippen molar-refractivity contribution in [1.29, 1.82) is 0 Å². The van der Waals surface area contributed by atoms with Crippen LogP contribution in [0.1, 0.15) is 43.5 Å². The second kappa shape index (κ2) is 9.94. The average molecular weight is 504 g/mol. The molecule has 0 radical (unpaired) electrons. The Morgan fingerprint density at radius 3 is 2.58 bits per heavy atom. The predicted molar refractivity (Wildman–Crippen MR) is 131 cm³/mol. The number of likely N-dealkylation sites (tertiary alicyclic amines) is 1. The van der Waals surface area contributed by atoms with Gasteiger partial charge in [-0.2, -0.15) is 0 Å². The summed E-state index contributed by atoms with van der Waals surface area (Å²) in [5.74, 6) is -1.43. The molecule has 1 N–H and O–H groups in total. The highest BCUT2D eigenvalue weighted by molar-refractivity contribution is 5.78. The van der Waals surface area contributed by atoms with Gasteiger partial charge in [-0.1, -0.05) is 19.9 Å². The lowest BCUT2D eigenvalue weighted by atomic mass is 9.83. The van der Waals surface area contributed by atoms with Gasteiger partial charge in [0.15, 0.2) is 5.58 Å². The molecule has 3 aromatic rings. The number of alkyl halides is 1. The molecule has 6 nitrogen and oxygen atoms in total. The van der Waals surface area contributed by atoms with E-state index in [-0.39, 0.29) is 42.5 Å². The molecule has 1 aromatic heterocycles. The van der Waals surface area contributed by atoms with E-state index in [1.807, 2.05) is 13.0 Å². The summed E-state index contributed by atoms with van der Waals surface area (Å²) in [6.45, 7) is 8.71. The third-order valence-corrected chi connectivity index (χ3v) is 7.25. The fraction of sp³-hybridized carbons (Fsp3) is 0.519. The van der Waals surface area contributed by atoms with Gasteiger partial charge >= 0.3 is 5.76 Å². The van der Waals surface area contributed by atoms with Crippen molar-refractivity contribution in [2.24, 2.45) is 11.8 Å². The Labute approximate surface area is 208 Å². The van der Waals surface area contributed by atoms with E-state index in [0.29, 0.717) is 43.7 Å². The third kappa shape index (κ3) is 4.66. The highest BCUT2D eigenvalue weighted by atomic mass is 19.1. The quantitative estimate of drug-likeness (QED) is 0.484. The molecular weight excluding hydrogens is 471 g/mol. The van der Waals surface area contributed by atoms with Gasteiger partial charge in [-0.25, -0.2) is 13.6 Å². The summed E-state index contributed by atoms with van der Waals surface area (Å²) < 4.78 is 54.9. The average Bonchev–Trinajstić information content (AvgIpc) is 3.17. The molecule has 36 heavy (non-hydrogen) atoms. The van der Waals surface area contributed by atoms with Crippen LogP contribution in [0.2, 0.25) is 0 Å². The zero-order valence-corrected chi connectivity index (χ0v) is 20.8. The Morgan fingerprint density at radius 2 is 1.92 bits per heavy atom. The first-order chi connectivity index (χ1) is 17.2. The molecule has 9 heteroatoms. The maximum atomic E-state index is 15.6. The second-order valence-corrected chi connectivity index (χ2v) is 10.5. The summed E-state index contributed by atoms with van der Waals surface area (Å²) in [7, 11) is 0. The number of aromatic amines is 1. The summed E-state index contributed by atoms with van der Waals surface area (Å²) in [5, 5.41) is 0. The molecule has 1 saturated heterocycles. The lowest BCUT2D eigenvalue weighted by Crippen LogP contribution is -2.49. The van der Waals surface area contributed by atoms with E-state index in [1.165, 1.54) is 12.1 Å². The van der Waals surface area contributed by atoms with Crippen LogP contribution < -0.4 is 10.5 Å². The van der Waals surface area contributed by atoms with E-state index in [9.17, 15) is 9.18 Å². The number of ether oxygens (including phenoxy) is 1. The number of aromatic nitrogens is 1. The summed E-state index contributed by atoms with van der Waals surface area (Å²) in [6.07, 6.45) is 0.598. The molecule has 0 saturated carbocycles. The molecule has 0 bridgehead atoms. The van der Waals surface area contributed by atoms with Crippen LogP contribution in [-0.2, 0) is 6.42 Å². The number of hydrogen-bond acceptors (Lipinski definition) is 5. The number of oxazole rings is 1. The first kappa shape index (κ1) is 24.9. The zero-order chi connectivity index (χ0) is 25.6. The number of hydrogen-bond donors (Lipinski definition) is 1. The number of halogens is 3. The molecule has 2 aromatic carbocycles. The van der Waals surface area contributed by atoms with Crippen LogP contribution in [0.5, 0.6) is 5.75 Å². The molecule has 3 heterocycles. The van der Waals surface area contributed by atoms with Gasteiger partial charge in [0.25, 0.3) is 0 Å². The third-order valence-electron chi connectivity index (χ3n) is 7.25. The Morgan fingerprint density at radius 1 is 1.19 bits per heavy atom. The molecule has 5 rings (SSSR count). The van der Waals surface area contributed by atoms with Crippen LogP contribution in [0.15, 0.2) is 33.5 Å². The molecule has 0 spiro atoms. The summed E-state index contributed by atoms with van der Waals surface area (Å²) >= 11 is 0. The van der Waals surface area contributed by atoms with Crippen LogP contribution >= 0.6 is 0 Å². The normalized spacial score (nSPS) is 21.2. The molecule has 2 aliphatic rings. The van der Waals surface area contributed by atoms with Crippen LogP contribution in [0, 0.1) is 23.5 Å². The van der Waals surface area contributed by atoms with Crippen molar-refractivity contribution in [1.82, 2.24) is 14.8 Å². The van der Waals surface area contributed by atoms with Gasteiger partial charge in [-0.3, -0.25) is 19.2 Å². The largest absolute Gasteiger partial charge is 0.492 e. The second-order valence-electron chi connectivity index (χ2n) is 10.5. The van der Waals surface area contributed by atoms with E-state index >= 15 is 8.78 Å². The van der Waals surface area contributed by atoms with Gasteiger partial charge in [0.05, 0.1) is 18.2 Å². The summed E-state index contributed by atoms with van der Waals surface area (Å²) in [4.78, 5) is 18.7. The summed E-state index contributed by atoms with van der Waals surface area (Å²) in [6, 6.07) is 5.32. The van der Waals surface area contributed by atoms with Gasteiger partial charge in [0.1, 0.15) is 24.0 Å². The van der Waals surface area contributed by atoms with Crippen LogP contribution in [0.4, 0.5) is 13.2 Å². The standard InChI is InChI=1S/C27H32F3N3O3/c1-15(2)12-33-16(3)8-20-19(4-5-23-26(20)36-27(34)31-23)25(33)24-21(29)9-18(10-22(24)30)35-7-6-32-13-17(11-28)14-32/h4-5,9-10,15-17,25H,6-8,11-14H2,1-3H3,(H,31,34)/t16-,25+/m1/s1. The minimum Gasteiger partial charge on any atom is -0.492 e. The van der Waals surface area contributed by atoms with Crippen molar-refractivity contribution in [3.8, 4) is 5.75 Å². The first-order valence-corrected chi connectivity index (χ1v) is 12.6. The van der Waals surface area contributed by atoms with E-state index in [2.05, 4.69) is 28.6 Å². The lowest BCUT2D eigenvalue weighted by molar-refractivity contribution is 0.0667. The van der Waals surface area contributed by atoms with E-state index < -0.39 is 23.4 Å². The fourth-order valence-corrected chi connectivity index (χ4v) is 5.58. The van der Waals surface area contributed by atoms with Crippen molar-refractivity contribution in [3.05, 3.63) is 63.1 Å². The monoisotopic (exact) mass is 503 g/mol. The van der Waals surface area contributed by atoms with Crippen LogP contribution in [0.3, 0.4) is 0 Å². The van der Waals surface area contributed by atoms with Crippen molar-refractivity contribution in [2.45, 2.75) is 39.3 Å². The highest BCUT2D eigenvalue weighted by Gasteiger charge is 2.38. The SMILES string of the molecule is CC(C)CN1[C@H](c2c(F)cc(OCCN3CC(CF)C3)cc2F)c2ccc3[nH]c(=O)oc3c2C[C@H]1C. The van der Waals surface area contributed by atoms with E-state index in [4.69, 9.17) is 9.15 Å². The van der Waals surface area contributed by atoms with E-state index in [1.54, 1.807) is 6.07 Å². The molecule has 2 aliphatic heterocycles. The smallest absolute Gasteiger partial charge is 0.417 e. The molecule has 1 fully saturated rings. The van der Waals surface area contributed by atoms with E-state index in [0.717, 1.165) is 11.1 Å². The minimum atomic E-state index is -0.680. The lowest BCUT2D eigenvalue weighted by Gasteiger charge is -2.43. The van der Waals surface area contributed by atoms with Crippen molar-refractivity contribution < 1.29 is 22.3 Å². The Balaban J connectivity index is 1.47. The van der Waals surface area contributed by atoms with Gasteiger partial charge in [0, 0.05) is 61.4 Å². The maximum absolute atomic E-state index is 15.6. The van der Waals surface area contributed by atoms with Crippen molar-refractivity contribution in [2.75, 3.05) is 39.5 Å². The Bertz CT molecular complexity index is 1280. The fourth-order valence-electron chi connectivity index (χ4n) is 5.58. The molecule has 0 unspecified atom stereocenters. The molecule has 0 amide bonds. The highest BCUT2D eigenvalue weighted by Crippen LogP contribution is 2.43. The van der Waals surface area contributed by atoms with Crippen molar-refractivity contribution in [3.63, 3.8) is 0 Å². The van der Waals surface area contributed by atoms with Crippen LogP contribution in [0.25, 0.3) is 11.1 Å². The van der Waals surface area contributed by atoms with Gasteiger partial charge in [0.2, 0.25) is 0 Å². The number of H-pyrrole nitrogens is 1.